The predicted molar refractivity (Wildman–Crippen MR) is 161 cm³/mol. The Kier molecular flexibility index (Phi) is 6.26. The van der Waals surface area contributed by atoms with Crippen molar-refractivity contribution in [1.82, 2.24) is 0 Å². The molecule has 1 heteroatoms. The van der Waals surface area contributed by atoms with Crippen LogP contribution in [0.15, 0.2) is 131 Å². The van der Waals surface area contributed by atoms with Crippen molar-refractivity contribution in [2.45, 2.75) is 43.4 Å². The predicted octanol–water partition coefficient (Wildman–Crippen LogP) is 10.3. The largest absolute Gasteiger partial charge is 0.0949 e. The molecule has 1 heterocycles. The van der Waals surface area contributed by atoms with Crippen LogP contribution in [0.1, 0.15) is 43.4 Å². The average molecular weight is 497 g/mol. The minimum Gasteiger partial charge on any atom is -0.0949 e. The molecular formula is C36H32S. The first-order valence-corrected chi connectivity index (χ1v) is 14.0. The van der Waals surface area contributed by atoms with Crippen molar-refractivity contribution in [1.29, 1.82) is 0 Å². The van der Waals surface area contributed by atoms with Crippen LogP contribution in [0.25, 0.3) is 27.8 Å². The lowest BCUT2D eigenvalue weighted by Gasteiger charge is -2.38. The van der Waals surface area contributed by atoms with E-state index in [1.165, 1.54) is 54.3 Å². The molecule has 0 atom stereocenters. The molecule has 6 rings (SSSR count). The summed E-state index contributed by atoms with van der Waals surface area (Å²) in [6.45, 7) is 9.17. The van der Waals surface area contributed by atoms with Crippen LogP contribution < -0.4 is 0 Å². The third-order valence-electron chi connectivity index (χ3n) is 7.79. The van der Waals surface area contributed by atoms with Gasteiger partial charge in [-0.1, -0.05) is 141 Å². The van der Waals surface area contributed by atoms with Gasteiger partial charge in [-0.3, -0.25) is 0 Å². The van der Waals surface area contributed by atoms with Crippen LogP contribution in [0.2, 0.25) is 0 Å². The smallest absolute Gasteiger partial charge is 0.0238 e. The van der Waals surface area contributed by atoms with Crippen molar-refractivity contribution < 1.29 is 0 Å². The second-order valence-electron chi connectivity index (χ2n) is 10.6. The standard InChI is InChI=1S/C36H32S/c1-25(24-26-16-18-29(19-17-26)28-10-5-4-6-11-28)27-20-22-30(23-21-27)31-12-9-14-33-35(31)37-34-15-8-7-13-32(34)36(33,2)3/h4-7,9-14,16-23H,1,8,15,24H2,2-3H3. The maximum absolute atomic E-state index is 4.42. The van der Waals surface area contributed by atoms with Gasteiger partial charge in [0.05, 0.1) is 0 Å². The highest BCUT2D eigenvalue weighted by molar-refractivity contribution is 8.03. The van der Waals surface area contributed by atoms with Gasteiger partial charge in [0.2, 0.25) is 0 Å². The normalized spacial score (nSPS) is 15.7. The molecule has 2 aliphatic rings. The number of rotatable bonds is 5. The minimum absolute atomic E-state index is 0.0349. The lowest BCUT2D eigenvalue weighted by atomic mass is 9.74. The number of benzene rings is 4. The summed E-state index contributed by atoms with van der Waals surface area (Å²) >= 11 is 1.99. The van der Waals surface area contributed by atoms with Crippen molar-refractivity contribution in [3.63, 3.8) is 0 Å². The Morgan fingerprint density at radius 1 is 0.784 bits per heavy atom. The first-order valence-electron chi connectivity index (χ1n) is 13.2. The third-order valence-corrected chi connectivity index (χ3v) is 9.11. The zero-order valence-corrected chi connectivity index (χ0v) is 22.4. The number of fused-ring (bicyclic) bond motifs is 1. The number of hydrogen-bond donors (Lipinski definition) is 0. The monoisotopic (exact) mass is 496 g/mol. The summed E-state index contributed by atoms with van der Waals surface area (Å²) in [7, 11) is 0. The highest BCUT2D eigenvalue weighted by Gasteiger charge is 2.35. The minimum atomic E-state index is 0.0349. The van der Waals surface area contributed by atoms with Gasteiger partial charge in [-0.25, -0.2) is 0 Å². The lowest BCUT2D eigenvalue weighted by Crippen LogP contribution is -2.25. The van der Waals surface area contributed by atoms with Gasteiger partial charge in [0, 0.05) is 10.3 Å². The molecule has 1 aliphatic heterocycles. The van der Waals surface area contributed by atoms with Crippen LogP contribution in [0.4, 0.5) is 0 Å². The molecule has 4 aromatic rings. The second-order valence-corrected chi connectivity index (χ2v) is 11.7. The van der Waals surface area contributed by atoms with E-state index in [0.717, 1.165) is 24.8 Å². The molecule has 0 N–H and O–H groups in total. The fraction of sp³-hybridized carbons (Fsp3) is 0.167. The van der Waals surface area contributed by atoms with Gasteiger partial charge in [0.25, 0.3) is 0 Å². The summed E-state index contributed by atoms with van der Waals surface area (Å²) in [5.41, 5.74) is 11.7. The van der Waals surface area contributed by atoms with Gasteiger partial charge >= 0.3 is 0 Å². The molecule has 0 aromatic heterocycles. The van der Waals surface area contributed by atoms with E-state index >= 15 is 0 Å². The van der Waals surface area contributed by atoms with Crippen LogP contribution >= 0.6 is 11.8 Å². The highest BCUT2D eigenvalue weighted by Crippen LogP contribution is 2.53. The molecule has 0 saturated heterocycles. The maximum Gasteiger partial charge on any atom is 0.0238 e. The molecule has 37 heavy (non-hydrogen) atoms. The highest BCUT2D eigenvalue weighted by atomic mass is 32.2. The zero-order chi connectivity index (χ0) is 25.4. The van der Waals surface area contributed by atoms with Gasteiger partial charge in [-0.2, -0.15) is 0 Å². The Labute approximate surface area is 225 Å². The fourth-order valence-electron chi connectivity index (χ4n) is 5.62. The molecule has 182 valence electrons. The summed E-state index contributed by atoms with van der Waals surface area (Å²) in [6, 6.07) is 35.2. The maximum atomic E-state index is 4.42. The Hall–Kier alpha value is -3.55. The van der Waals surface area contributed by atoms with Crippen molar-refractivity contribution >= 4 is 17.3 Å². The number of hydrogen-bond acceptors (Lipinski definition) is 1. The molecule has 0 spiro atoms. The van der Waals surface area contributed by atoms with E-state index in [0.29, 0.717) is 0 Å². The number of allylic oxidation sites excluding steroid dienone is 5. The van der Waals surface area contributed by atoms with Crippen molar-refractivity contribution in [2.24, 2.45) is 0 Å². The molecule has 0 nitrogen and oxygen atoms in total. The van der Waals surface area contributed by atoms with E-state index in [1.807, 2.05) is 11.8 Å². The van der Waals surface area contributed by atoms with E-state index in [9.17, 15) is 0 Å². The van der Waals surface area contributed by atoms with Crippen LogP contribution in [0.3, 0.4) is 0 Å². The van der Waals surface area contributed by atoms with Crippen LogP contribution in [0.5, 0.6) is 0 Å². The molecular weight excluding hydrogens is 464 g/mol. The van der Waals surface area contributed by atoms with E-state index < -0.39 is 0 Å². The SMILES string of the molecule is C=C(Cc1ccc(-c2ccccc2)cc1)c1ccc(-c2cccc3c2SC2=C(C=CCC2)C3(C)C)cc1. The van der Waals surface area contributed by atoms with Gasteiger partial charge < -0.3 is 0 Å². The summed E-state index contributed by atoms with van der Waals surface area (Å²) in [5.74, 6) is 0. The van der Waals surface area contributed by atoms with Crippen molar-refractivity contribution in [3.05, 3.63) is 143 Å². The summed E-state index contributed by atoms with van der Waals surface area (Å²) < 4.78 is 0. The van der Waals surface area contributed by atoms with E-state index in [4.69, 9.17) is 0 Å². The molecule has 1 aliphatic carbocycles. The molecule has 0 unspecified atom stereocenters. The molecule has 0 radical (unpaired) electrons. The third kappa shape index (κ3) is 4.54. The van der Waals surface area contributed by atoms with Crippen LogP contribution in [-0.4, -0.2) is 0 Å². The van der Waals surface area contributed by atoms with E-state index in [1.54, 1.807) is 0 Å². The molecule has 0 amide bonds. The fourth-order valence-corrected chi connectivity index (χ4v) is 7.25. The van der Waals surface area contributed by atoms with E-state index in [2.05, 4.69) is 130 Å². The molecule has 0 fully saturated rings. The van der Waals surface area contributed by atoms with Gasteiger partial charge in [-0.15, -0.1) is 0 Å². The second kappa shape index (κ2) is 9.72. The molecule has 0 saturated carbocycles. The Morgan fingerprint density at radius 2 is 1.49 bits per heavy atom. The van der Waals surface area contributed by atoms with Crippen LogP contribution in [0, 0.1) is 0 Å². The lowest BCUT2D eigenvalue weighted by molar-refractivity contribution is 0.611. The molecule has 4 aromatic carbocycles. The Morgan fingerprint density at radius 3 is 2.24 bits per heavy atom. The van der Waals surface area contributed by atoms with Crippen molar-refractivity contribution in [2.75, 3.05) is 0 Å². The first kappa shape index (κ1) is 23.8. The zero-order valence-electron chi connectivity index (χ0n) is 21.6. The summed E-state index contributed by atoms with van der Waals surface area (Å²) in [4.78, 5) is 2.96. The quantitative estimate of drug-likeness (QED) is 0.265. The van der Waals surface area contributed by atoms with Crippen molar-refractivity contribution in [3.8, 4) is 22.3 Å². The van der Waals surface area contributed by atoms with Crippen LogP contribution in [-0.2, 0) is 11.8 Å². The Balaban J connectivity index is 1.22. The van der Waals surface area contributed by atoms with Gasteiger partial charge in [0.15, 0.2) is 0 Å². The number of thioether (sulfide) groups is 1. The topological polar surface area (TPSA) is 0 Å². The molecule has 0 bridgehead atoms. The summed E-state index contributed by atoms with van der Waals surface area (Å²) in [6.07, 6.45) is 7.84. The van der Waals surface area contributed by atoms with E-state index in [-0.39, 0.29) is 5.41 Å². The first-order chi connectivity index (χ1) is 18.0. The summed E-state index contributed by atoms with van der Waals surface area (Å²) in [5, 5.41) is 0. The Bertz CT molecular complexity index is 1510. The average Bonchev–Trinajstić information content (AvgIpc) is 2.94. The van der Waals surface area contributed by atoms with Gasteiger partial charge in [-0.05, 0) is 74.3 Å². The van der Waals surface area contributed by atoms with Gasteiger partial charge in [0.1, 0.15) is 0 Å².